The molecule has 96 valence electrons. The van der Waals surface area contributed by atoms with Crippen LogP contribution in [0.5, 0.6) is 5.75 Å². The van der Waals surface area contributed by atoms with E-state index in [0.717, 1.165) is 0 Å². The summed E-state index contributed by atoms with van der Waals surface area (Å²) in [6.45, 7) is 0. The Morgan fingerprint density at radius 2 is 1.88 bits per heavy atom. The van der Waals surface area contributed by atoms with Crippen LogP contribution in [0.3, 0.4) is 0 Å². The van der Waals surface area contributed by atoms with Gasteiger partial charge in [0.2, 0.25) is 0 Å². The molecule has 3 nitrogen and oxygen atoms in total. The Hall–Kier alpha value is -0.222. The van der Waals surface area contributed by atoms with E-state index >= 15 is 0 Å². The van der Waals surface area contributed by atoms with Gasteiger partial charge in [-0.3, -0.25) is 0 Å². The molecule has 0 N–H and O–H groups in total. The molecule has 0 bridgehead atoms. The second-order valence-corrected chi connectivity index (χ2v) is 8.49. The van der Waals surface area contributed by atoms with Gasteiger partial charge in [-0.05, 0) is 4.93 Å². The number of carbonyl (C=O) groups excluding carboxylic acids is 1. The van der Waals surface area contributed by atoms with Crippen LogP contribution < -0.4 is 9.09 Å². The van der Waals surface area contributed by atoms with E-state index in [1.807, 2.05) is 23.1 Å². The molecule has 0 saturated carbocycles. The number of hydrogen-bond acceptors (Lipinski definition) is 2. The Labute approximate surface area is 122 Å². The molecule has 0 unspecified atom stereocenters. The van der Waals surface area contributed by atoms with Gasteiger partial charge >= 0.3 is 95.1 Å². The van der Waals surface area contributed by atoms with Gasteiger partial charge in [-0.15, -0.1) is 0 Å². The molecule has 0 aliphatic rings. The van der Waals surface area contributed by atoms with Crippen molar-refractivity contribution >= 4 is 47.7 Å². The number of carbonyl (C=O) groups is 1. The zero-order valence-electron chi connectivity index (χ0n) is 10.9. The van der Waals surface area contributed by atoms with Crippen molar-refractivity contribution in [2.45, 2.75) is 11.4 Å². The first-order valence-electron chi connectivity index (χ1n) is 5.05. The maximum absolute atomic E-state index is 11.3. The second kappa shape index (κ2) is 8.81. The minimum absolute atomic E-state index is 0.335. The average molecular weight is 411 g/mol. The maximum atomic E-state index is 11.3. The van der Waals surface area contributed by atoms with Gasteiger partial charge in [-0.2, -0.15) is 0 Å². The summed E-state index contributed by atoms with van der Waals surface area (Å²) in [4.78, 5) is 14.7. The summed E-state index contributed by atoms with van der Waals surface area (Å²) in [5, 5.41) is 0. The van der Waals surface area contributed by atoms with Crippen LogP contribution in [0.15, 0.2) is 24.3 Å². The van der Waals surface area contributed by atoms with Gasteiger partial charge in [-0.25, -0.2) is 0 Å². The van der Waals surface area contributed by atoms with Gasteiger partial charge in [0.1, 0.15) is 0 Å². The molecule has 1 amide bonds. The number of amides is 1. The number of hydrogen-bond donors (Lipinski definition) is 0. The number of rotatable bonds is 2. The third-order valence-electron chi connectivity index (χ3n) is 1.90. The predicted octanol–water partition coefficient (Wildman–Crippen LogP) is 2.76. The first-order chi connectivity index (χ1) is 8.00. The SMILES string of the molecule is CI.CN(C)C(=O)Oc1cccc([As](C)C)c1. The Bertz CT molecular complexity index is 356. The van der Waals surface area contributed by atoms with Crippen LogP contribution in [0.25, 0.3) is 0 Å². The molecule has 5 heteroatoms. The van der Waals surface area contributed by atoms with Crippen molar-refractivity contribution in [2.24, 2.45) is 0 Å². The van der Waals surface area contributed by atoms with Gasteiger partial charge in [0, 0.05) is 0 Å². The van der Waals surface area contributed by atoms with Crippen LogP contribution in [0.2, 0.25) is 11.4 Å². The number of nitrogens with zero attached hydrogens (tertiary/aromatic N) is 1. The van der Waals surface area contributed by atoms with Crippen LogP contribution >= 0.6 is 22.6 Å². The van der Waals surface area contributed by atoms with Crippen molar-refractivity contribution in [3.63, 3.8) is 0 Å². The average Bonchev–Trinajstić information content (AvgIpc) is 2.31. The van der Waals surface area contributed by atoms with Gasteiger partial charge in [-0.1, -0.05) is 22.6 Å². The molecule has 0 atom stereocenters. The molecule has 0 spiro atoms. The van der Waals surface area contributed by atoms with Crippen molar-refractivity contribution in [2.75, 3.05) is 19.0 Å². The molecule has 0 aliphatic carbocycles. The zero-order valence-corrected chi connectivity index (χ0v) is 14.9. The number of benzene rings is 1. The van der Waals surface area contributed by atoms with Crippen LogP contribution in [-0.4, -0.2) is 44.7 Å². The van der Waals surface area contributed by atoms with E-state index in [9.17, 15) is 4.79 Å². The Balaban J connectivity index is 0.00000121. The first kappa shape index (κ1) is 16.8. The third-order valence-corrected chi connectivity index (χ3v) is 4.65. The molecule has 0 fully saturated rings. The number of halogens is 1. The van der Waals surface area contributed by atoms with Crippen LogP contribution in [-0.2, 0) is 0 Å². The molecule has 0 aliphatic heterocycles. The van der Waals surface area contributed by atoms with Crippen molar-refractivity contribution in [1.29, 1.82) is 0 Å². The van der Waals surface area contributed by atoms with Crippen molar-refractivity contribution < 1.29 is 9.53 Å². The molecule has 0 saturated heterocycles. The molecule has 0 aromatic heterocycles. The van der Waals surface area contributed by atoms with E-state index in [4.69, 9.17) is 4.74 Å². The fraction of sp³-hybridized carbons (Fsp3) is 0.417. The van der Waals surface area contributed by atoms with E-state index < -0.39 is 14.7 Å². The quantitative estimate of drug-likeness (QED) is 0.426. The Kier molecular flexibility index (Phi) is 8.69. The second-order valence-electron chi connectivity index (χ2n) is 3.65. The Morgan fingerprint density at radius 3 is 2.35 bits per heavy atom. The summed E-state index contributed by atoms with van der Waals surface area (Å²) >= 11 is 1.26. The van der Waals surface area contributed by atoms with Crippen LogP contribution in [0.4, 0.5) is 4.79 Å². The first-order valence-corrected chi connectivity index (χ1v) is 11.9. The van der Waals surface area contributed by atoms with Gasteiger partial charge in [0.05, 0.1) is 0 Å². The third kappa shape index (κ3) is 6.32. The summed E-state index contributed by atoms with van der Waals surface area (Å²) in [7, 11) is 3.34. The van der Waals surface area contributed by atoms with E-state index in [0.29, 0.717) is 5.75 Å². The number of alkyl halides is 1. The molecule has 17 heavy (non-hydrogen) atoms. The number of ether oxygens (including phenoxy) is 1. The van der Waals surface area contributed by atoms with Crippen molar-refractivity contribution in [1.82, 2.24) is 4.90 Å². The summed E-state index contributed by atoms with van der Waals surface area (Å²) in [5.74, 6) is 0.634. The fourth-order valence-corrected chi connectivity index (χ4v) is 2.63. The van der Waals surface area contributed by atoms with Gasteiger partial charge < -0.3 is 0 Å². The van der Waals surface area contributed by atoms with Crippen molar-refractivity contribution in [3.8, 4) is 5.75 Å². The van der Waals surface area contributed by atoms with Crippen LogP contribution in [0, 0.1) is 0 Å². The molecule has 1 rings (SSSR count). The monoisotopic (exact) mass is 411 g/mol. The summed E-state index contributed by atoms with van der Waals surface area (Å²) in [6.07, 6.45) is -0.335. The summed E-state index contributed by atoms with van der Waals surface area (Å²) in [6, 6.07) is 7.79. The zero-order chi connectivity index (χ0) is 13.4. The fourth-order valence-electron chi connectivity index (χ4n) is 1.02. The molecular weight excluding hydrogens is 392 g/mol. The topological polar surface area (TPSA) is 29.5 Å². The van der Waals surface area contributed by atoms with E-state index in [2.05, 4.69) is 40.1 Å². The summed E-state index contributed by atoms with van der Waals surface area (Å²) in [5.41, 5.74) is 4.50. The molecule has 0 radical (unpaired) electrons. The standard InChI is InChI=1S/C11H16AsNO2.CH3I/c1-12(2)9-6-5-7-10(8-9)15-11(14)13(3)4;1-2/h5-8H,1-4H3;1H3. The van der Waals surface area contributed by atoms with E-state index in [1.54, 1.807) is 14.1 Å². The summed E-state index contributed by atoms with van der Waals surface area (Å²) < 4.78 is 6.49. The Morgan fingerprint density at radius 1 is 1.29 bits per heavy atom. The molecular formula is C12H19AsINO2. The molecule has 0 heterocycles. The predicted molar refractivity (Wildman–Crippen MR) is 83.2 cm³/mol. The normalized spacial score (nSPS) is 9.35. The minimum atomic E-state index is -0.895. The van der Waals surface area contributed by atoms with E-state index in [1.165, 1.54) is 9.25 Å². The van der Waals surface area contributed by atoms with Crippen molar-refractivity contribution in [3.05, 3.63) is 24.3 Å². The van der Waals surface area contributed by atoms with Gasteiger partial charge in [0.15, 0.2) is 0 Å². The van der Waals surface area contributed by atoms with E-state index in [-0.39, 0.29) is 6.09 Å². The molecule has 1 aromatic rings. The van der Waals surface area contributed by atoms with Crippen LogP contribution in [0.1, 0.15) is 0 Å². The molecule has 1 aromatic carbocycles. The van der Waals surface area contributed by atoms with Gasteiger partial charge in [0.25, 0.3) is 0 Å².